The van der Waals surface area contributed by atoms with Gasteiger partial charge in [0, 0.05) is 38.3 Å². The van der Waals surface area contributed by atoms with Crippen molar-refractivity contribution in [1.29, 1.82) is 0 Å². The molecular weight excluding hydrogens is 318 g/mol. The zero-order valence-electron chi connectivity index (χ0n) is 11.8. The van der Waals surface area contributed by atoms with Crippen molar-refractivity contribution < 1.29 is 23.5 Å². The predicted molar refractivity (Wildman–Crippen MR) is 78.2 cm³/mol. The molecule has 0 atom stereocenters. The molecule has 0 unspecified atom stereocenters. The smallest absolute Gasteiger partial charge is 0.304 e. The van der Waals surface area contributed by atoms with Gasteiger partial charge < -0.3 is 10.0 Å². The monoisotopic (exact) mass is 334 g/mol. The average Bonchev–Trinajstić information content (AvgIpc) is 2.48. The summed E-state index contributed by atoms with van der Waals surface area (Å²) in [5.41, 5.74) is 0.118. The summed E-state index contributed by atoms with van der Waals surface area (Å²) in [5.74, 6) is -3.21. The summed E-state index contributed by atoms with van der Waals surface area (Å²) in [7, 11) is 0. The van der Waals surface area contributed by atoms with Crippen molar-refractivity contribution in [2.75, 3.05) is 32.7 Å². The molecule has 5 nitrogen and oxygen atoms in total. The first-order valence-electron chi connectivity index (χ1n) is 6.66. The van der Waals surface area contributed by atoms with Gasteiger partial charge in [-0.25, -0.2) is 8.78 Å². The highest BCUT2D eigenvalue weighted by atomic mass is 35.5. The van der Waals surface area contributed by atoms with E-state index >= 15 is 0 Å². The lowest BCUT2D eigenvalue weighted by molar-refractivity contribution is -0.137. The van der Waals surface area contributed by atoms with E-state index in [0.29, 0.717) is 32.7 Å². The Bertz CT molecular complexity index is 549. The van der Waals surface area contributed by atoms with E-state index in [1.54, 1.807) is 4.90 Å². The molecule has 1 aromatic carbocycles. The van der Waals surface area contributed by atoms with E-state index in [1.165, 1.54) is 6.07 Å². The molecule has 22 heavy (non-hydrogen) atoms. The van der Waals surface area contributed by atoms with Crippen LogP contribution < -0.4 is 0 Å². The standard InChI is InChI=1S/C14H16F2N2O3.ClH/c15-11-2-1-10(9-12(11)16)14(21)18-7-5-17(6-8-18)4-3-13(19)20;/h1-2,9H,3-8H2,(H,19,20);1H. The van der Waals surface area contributed by atoms with Crippen LogP contribution in [0, 0.1) is 11.6 Å². The third-order valence-electron chi connectivity index (χ3n) is 3.47. The number of amides is 1. The molecule has 0 aliphatic carbocycles. The first-order chi connectivity index (χ1) is 9.97. The van der Waals surface area contributed by atoms with E-state index in [1.807, 2.05) is 4.90 Å². The highest BCUT2D eigenvalue weighted by Crippen LogP contribution is 2.13. The molecule has 1 fully saturated rings. The number of carbonyl (C=O) groups is 2. The second-order valence-corrected chi connectivity index (χ2v) is 4.91. The fourth-order valence-electron chi connectivity index (χ4n) is 2.24. The molecule has 1 heterocycles. The second kappa shape index (κ2) is 8.05. The Morgan fingerprint density at radius 1 is 1.09 bits per heavy atom. The Balaban J connectivity index is 0.00000242. The maximum absolute atomic E-state index is 13.1. The zero-order chi connectivity index (χ0) is 15.4. The minimum Gasteiger partial charge on any atom is -0.481 e. The first-order valence-corrected chi connectivity index (χ1v) is 6.66. The van der Waals surface area contributed by atoms with Crippen LogP contribution in [0.5, 0.6) is 0 Å². The van der Waals surface area contributed by atoms with E-state index in [2.05, 4.69) is 0 Å². The number of rotatable bonds is 4. The molecule has 0 spiro atoms. The number of carboxylic acid groups (broad SMARTS) is 1. The predicted octanol–water partition coefficient (Wildman–Crippen LogP) is 1.62. The van der Waals surface area contributed by atoms with Crippen molar-refractivity contribution in [3.8, 4) is 0 Å². The Morgan fingerprint density at radius 2 is 1.73 bits per heavy atom. The number of hydrogen-bond acceptors (Lipinski definition) is 3. The summed E-state index contributed by atoms with van der Waals surface area (Å²) in [6.07, 6.45) is 0.0666. The fourth-order valence-corrected chi connectivity index (χ4v) is 2.24. The molecule has 122 valence electrons. The lowest BCUT2D eigenvalue weighted by Crippen LogP contribution is -2.49. The van der Waals surface area contributed by atoms with Crippen LogP contribution in [0.2, 0.25) is 0 Å². The SMILES string of the molecule is Cl.O=C(O)CCN1CCN(C(=O)c2ccc(F)c(F)c2)CC1. The maximum atomic E-state index is 13.1. The van der Waals surface area contributed by atoms with E-state index in [9.17, 15) is 18.4 Å². The maximum Gasteiger partial charge on any atom is 0.304 e. The van der Waals surface area contributed by atoms with Crippen LogP contribution in [-0.4, -0.2) is 59.5 Å². The van der Waals surface area contributed by atoms with Gasteiger partial charge in [0.15, 0.2) is 11.6 Å². The zero-order valence-corrected chi connectivity index (χ0v) is 12.6. The van der Waals surface area contributed by atoms with Crippen molar-refractivity contribution in [1.82, 2.24) is 9.80 Å². The summed E-state index contributed by atoms with van der Waals surface area (Å²) in [6.45, 7) is 2.48. The van der Waals surface area contributed by atoms with Gasteiger partial charge in [0.05, 0.1) is 6.42 Å². The Morgan fingerprint density at radius 3 is 2.27 bits per heavy atom. The van der Waals surface area contributed by atoms with Crippen LogP contribution in [0.4, 0.5) is 8.78 Å². The summed E-state index contributed by atoms with van der Waals surface area (Å²) >= 11 is 0. The normalized spacial score (nSPS) is 15.3. The Labute approximate surface area is 132 Å². The minimum atomic E-state index is -1.04. The molecule has 1 aromatic rings. The van der Waals surface area contributed by atoms with Crippen molar-refractivity contribution in [2.45, 2.75) is 6.42 Å². The van der Waals surface area contributed by atoms with Gasteiger partial charge in [-0.2, -0.15) is 0 Å². The van der Waals surface area contributed by atoms with Gasteiger partial charge in [0.2, 0.25) is 0 Å². The van der Waals surface area contributed by atoms with Gasteiger partial charge in [-0.1, -0.05) is 0 Å². The van der Waals surface area contributed by atoms with E-state index in [4.69, 9.17) is 5.11 Å². The summed E-state index contributed by atoms with van der Waals surface area (Å²) in [4.78, 5) is 26.2. The molecule has 1 amide bonds. The summed E-state index contributed by atoms with van der Waals surface area (Å²) in [6, 6.07) is 3.09. The number of nitrogens with zero attached hydrogens (tertiary/aromatic N) is 2. The molecule has 1 aliphatic heterocycles. The van der Waals surface area contributed by atoms with Crippen molar-refractivity contribution in [3.05, 3.63) is 35.4 Å². The van der Waals surface area contributed by atoms with Gasteiger partial charge in [0.25, 0.3) is 5.91 Å². The molecule has 1 saturated heterocycles. The van der Waals surface area contributed by atoms with Crippen LogP contribution in [0.25, 0.3) is 0 Å². The molecule has 0 bridgehead atoms. The van der Waals surface area contributed by atoms with Gasteiger partial charge in [-0.05, 0) is 18.2 Å². The van der Waals surface area contributed by atoms with Gasteiger partial charge in [0.1, 0.15) is 0 Å². The largest absolute Gasteiger partial charge is 0.481 e. The average molecular weight is 335 g/mol. The molecule has 0 saturated carbocycles. The van der Waals surface area contributed by atoms with Crippen LogP contribution in [0.1, 0.15) is 16.8 Å². The molecule has 0 radical (unpaired) electrons. The molecule has 1 N–H and O–H groups in total. The number of benzene rings is 1. The quantitative estimate of drug-likeness (QED) is 0.909. The summed E-state index contributed by atoms with van der Waals surface area (Å²) in [5, 5.41) is 8.62. The highest BCUT2D eigenvalue weighted by Gasteiger charge is 2.22. The van der Waals surface area contributed by atoms with E-state index in [0.717, 1.165) is 12.1 Å². The van der Waals surface area contributed by atoms with Gasteiger partial charge in [-0.3, -0.25) is 14.5 Å². The third kappa shape index (κ3) is 4.64. The Kier molecular flexibility index (Phi) is 6.70. The van der Waals surface area contributed by atoms with Crippen molar-refractivity contribution >= 4 is 24.3 Å². The Hall–Kier alpha value is -1.73. The number of carboxylic acids is 1. The van der Waals surface area contributed by atoms with Gasteiger partial charge >= 0.3 is 5.97 Å². The number of aliphatic carboxylic acids is 1. The van der Waals surface area contributed by atoms with Crippen molar-refractivity contribution in [3.63, 3.8) is 0 Å². The van der Waals surface area contributed by atoms with E-state index in [-0.39, 0.29) is 30.3 Å². The summed E-state index contributed by atoms with van der Waals surface area (Å²) < 4.78 is 26.0. The second-order valence-electron chi connectivity index (χ2n) is 4.91. The fraction of sp³-hybridized carbons (Fsp3) is 0.429. The third-order valence-corrected chi connectivity index (χ3v) is 3.47. The van der Waals surface area contributed by atoms with E-state index < -0.39 is 17.6 Å². The molecular formula is C14H17ClF2N2O3. The minimum absolute atomic E-state index is 0. The van der Waals surface area contributed by atoms with Crippen molar-refractivity contribution in [2.24, 2.45) is 0 Å². The lowest BCUT2D eigenvalue weighted by Gasteiger charge is -2.34. The molecule has 1 aliphatic rings. The van der Waals surface area contributed by atoms with Crippen LogP contribution in [0.15, 0.2) is 18.2 Å². The van der Waals surface area contributed by atoms with Crippen LogP contribution >= 0.6 is 12.4 Å². The van der Waals surface area contributed by atoms with Gasteiger partial charge in [-0.15, -0.1) is 12.4 Å². The van der Waals surface area contributed by atoms with Crippen LogP contribution in [-0.2, 0) is 4.79 Å². The highest BCUT2D eigenvalue weighted by molar-refractivity contribution is 5.94. The molecule has 0 aromatic heterocycles. The molecule has 2 rings (SSSR count). The number of halogens is 3. The first kappa shape index (κ1) is 18.3. The topological polar surface area (TPSA) is 60.9 Å². The number of hydrogen-bond donors (Lipinski definition) is 1. The van der Waals surface area contributed by atoms with Crippen LogP contribution in [0.3, 0.4) is 0 Å². The number of piperazine rings is 1. The lowest BCUT2D eigenvalue weighted by atomic mass is 10.1. The molecule has 8 heteroatoms. The number of carbonyl (C=O) groups excluding carboxylic acids is 1.